The average molecular weight is 323 g/mol. The molecule has 2 atom stereocenters. The summed E-state index contributed by atoms with van der Waals surface area (Å²) in [5, 5.41) is 4.34. The lowest BCUT2D eigenvalue weighted by molar-refractivity contribution is 0.0677. The van der Waals surface area contributed by atoms with Crippen LogP contribution in [0.2, 0.25) is 0 Å². The van der Waals surface area contributed by atoms with Crippen molar-refractivity contribution in [3.63, 3.8) is 0 Å². The average Bonchev–Trinajstić information content (AvgIpc) is 3.02. The third kappa shape index (κ3) is 2.80. The molecule has 0 amide bonds. The first-order chi connectivity index (χ1) is 11.6. The van der Waals surface area contributed by atoms with E-state index in [9.17, 15) is 4.79 Å². The normalized spacial score (nSPS) is 26.7. The van der Waals surface area contributed by atoms with Gasteiger partial charge in [-0.25, -0.2) is 0 Å². The van der Waals surface area contributed by atoms with Gasteiger partial charge in [-0.3, -0.25) is 14.4 Å². The standard InChI is InChI=1S/C20H25N3O/c1-14-19(13-22(2)21-14)20(24)16-10-17-8-9-18(11-16)23(17)12-15-6-4-3-5-7-15/h3-7,13,16-18H,8-12H2,1-2H3. The lowest BCUT2D eigenvalue weighted by atomic mass is 9.84. The van der Waals surface area contributed by atoms with Crippen molar-refractivity contribution in [2.75, 3.05) is 0 Å². The van der Waals surface area contributed by atoms with E-state index in [-0.39, 0.29) is 5.92 Å². The molecule has 0 saturated carbocycles. The summed E-state index contributed by atoms with van der Waals surface area (Å²) >= 11 is 0. The van der Waals surface area contributed by atoms with Gasteiger partial charge in [0.1, 0.15) is 0 Å². The molecule has 2 aliphatic heterocycles. The zero-order valence-corrected chi connectivity index (χ0v) is 14.5. The highest BCUT2D eigenvalue weighted by molar-refractivity contribution is 5.98. The van der Waals surface area contributed by atoms with Crippen LogP contribution in [0.1, 0.15) is 47.3 Å². The predicted molar refractivity (Wildman–Crippen MR) is 93.8 cm³/mol. The molecule has 4 nitrogen and oxygen atoms in total. The Morgan fingerprint density at radius 3 is 2.42 bits per heavy atom. The van der Waals surface area contributed by atoms with Gasteiger partial charge in [0.05, 0.1) is 11.3 Å². The Labute approximate surface area is 143 Å². The molecule has 2 bridgehead atoms. The zero-order valence-electron chi connectivity index (χ0n) is 14.5. The zero-order chi connectivity index (χ0) is 16.7. The smallest absolute Gasteiger partial charge is 0.169 e. The van der Waals surface area contributed by atoms with Crippen molar-refractivity contribution < 1.29 is 4.79 Å². The first kappa shape index (κ1) is 15.6. The van der Waals surface area contributed by atoms with Gasteiger partial charge in [0.25, 0.3) is 0 Å². The number of carbonyl (C=O) groups is 1. The molecule has 4 rings (SSSR count). The summed E-state index contributed by atoms with van der Waals surface area (Å²) in [5.41, 5.74) is 3.06. The summed E-state index contributed by atoms with van der Waals surface area (Å²) in [6, 6.07) is 11.8. The summed E-state index contributed by atoms with van der Waals surface area (Å²) in [6.45, 7) is 2.95. The van der Waals surface area contributed by atoms with E-state index in [4.69, 9.17) is 0 Å². The number of nitrogens with zero attached hydrogens (tertiary/aromatic N) is 3. The molecule has 24 heavy (non-hydrogen) atoms. The van der Waals surface area contributed by atoms with E-state index in [1.165, 1.54) is 18.4 Å². The fraction of sp³-hybridized carbons (Fsp3) is 0.500. The van der Waals surface area contributed by atoms with Gasteiger partial charge in [0, 0.05) is 37.8 Å². The van der Waals surface area contributed by atoms with Crippen molar-refractivity contribution in [1.82, 2.24) is 14.7 Å². The predicted octanol–water partition coefficient (Wildman–Crippen LogP) is 3.35. The number of Topliss-reactive ketones (excluding diaryl/α,β-unsaturated/α-hetero) is 1. The van der Waals surface area contributed by atoms with Crippen LogP contribution in [0.4, 0.5) is 0 Å². The van der Waals surface area contributed by atoms with Crippen LogP contribution in [0, 0.1) is 12.8 Å². The second-order valence-corrected chi connectivity index (χ2v) is 7.38. The van der Waals surface area contributed by atoms with Crippen molar-refractivity contribution >= 4 is 5.78 Å². The topological polar surface area (TPSA) is 38.1 Å². The summed E-state index contributed by atoms with van der Waals surface area (Å²) in [6.07, 6.45) is 6.34. The van der Waals surface area contributed by atoms with E-state index < -0.39 is 0 Å². The number of hydrogen-bond donors (Lipinski definition) is 0. The number of benzene rings is 1. The van der Waals surface area contributed by atoms with Gasteiger partial charge in [-0.15, -0.1) is 0 Å². The molecule has 2 saturated heterocycles. The molecule has 4 heteroatoms. The van der Waals surface area contributed by atoms with E-state index >= 15 is 0 Å². The third-order valence-electron chi connectivity index (χ3n) is 5.74. The fourth-order valence-corrected chi connectivity index (χ4v) is 4.60. The first-order valence-corrected chi connectivity index (χ1v) is 8.96. The minimum atomic E-state index is 0.164. The Balaban J connectivity index is 1.48. The van der Waals surface area contributed by atoms with Gasteiger partial charge in [-0.1, -0.05) is 30.3 Å². The number of fused-ring (bicyclic) bond motifs is 2. The molecule has 2 fully saturated rings. The highest BCUT2D eigenvalue weighted by Gasteiger charge is 2.43. The maximum absolute atomic E-state index is 12.9. The Hall–Kier alpha value is -1.94. The highest BCUT2D eigenvalue weighted by Crippen LogP contribution is 2.40. The number of ketones is 1. The van der Waals surface area contributed by atoms with Crippen LogP contribution in [0.3, 0.4) is 0 Å². The second kappa shape index (κ2) is 6.17. The minimum Gasteiger partial charge on any atom is -0.294 e. The number of aromatic nitrogens is 2. The Bertz CT molecular complexity index is 723. The van der Waals surface area contributed by atoms with E-state index in [0.29, 0.717) is 17.9 Å². The molecular formula is C20H25N3O. The molecule has 2 aliphatic rings. The lowest BCUT2D eigenvalue weighted by Crippen LogP contribution is -2.44. The number of piperidine rings is 1. The van der Waals surface area contributed by atoms with E-state index in [1.807, 2.05) is 20.2 Å². The molecule has 2 unspecified atom stereocenters. The molecule has 0 aliphatic carbocycles. The quantitative estimate of drug-likeness (QED) is 0.810. The molecule has 1 aromatic heterocycles. The van der Waals surface area contributed by atoms with Gasteiger partial charge >= 0.3 is 0 Å². The Morgan fingerprint density at radius 1 is 1.17 bits per heavy atom. The molecule has 0 radical (unpaired) electrons. The number of rotatable bonds is 4. The fourth-order valence-electron chi connectivity index (χ4n) is 4.60. The van der Waals surface area contributed by atoms with Gasteiger partial charge < -0.3 is 0 Å². The van der Waals surface area contributed by atoms with Crippen LogP contribution in [-0.4, -0.2) is 32.5 Å². The van der Waals surface area contributed by atoms with Crippen LogP contribution in [-0.2, 0) is 13.6 Å². The monoisotopic (exact) mass is 323 g/mol. The molecule has 1 aromatic carbocycles. The number of carbonyl (C=O) groups excluding carboxylic acids is 1. The van der Waals surface area contributed by atoms with Crippen LogP contribution < -0.4 is 0 Å². The van der Waals surface area contributed by atoms with Gasteiger partial charge in [0.2, 0.25) is 0 Å². The lowest BCUT2D eigenvalue weighted by Gasteiger charge is -2.38. The Kier molecular flexibility index (Phi) is 4.01. The van der Waals surface area contributed by atoms with Gasteiger partial charge in [-0.05, 0) is 38.2 Å². The minimum absolute atomic E-state index is 0.164. The summed E-state index contributed by atoms with van der Waals surface area (Å²) in [4.78, 5) is 15.6. The maximum Gasteiger partial charge on any atom is 0.169 e. The number of hydrogen-bond acceptors (Lipinski definition) is 3. The van der Waals surface area contributed by atoms with Crippen LogP contribution in [0.5, 0.6) is 0 Å². The first-order valence-electron chi connectivity index (χ1n) is 8.96. The van der Waals surface area contributed by atoms with Crippen molar-refractivity contribution in [1.29, 1.82) is 0 Å². The van der Waals surface area contributed by atoms with Crippen LogP contribution >= 0.6 is 0 Å². The van der Waals surface area contributed by atoms with E-state index in [0.717, 1.165) is 30.6 Å². The summed E-state index contributed by atoms with van der Waals surface area (Å²) in [5.74, 6) is 0.467. The van der Waals surface area contributed by atoms with Crippen LogP contribution in [0.15, 0.2) is 36.5 Å². The van der Waals surface area contributed by atoms with Crippen molar-refractivity contribution in [2.24, 2.45) is 13.0 Å². The molecule has 2 aromatic rings. The Morgan fingerprint density at radius 2 is 1.83 bits per heavy atom. The highest BCUT2D eigenvalue weighted by atomic mass is 16.1. The molecule has 126 valence electrons. The SMILES string of the molecule is Cc1nn(C)cc1C(=O)C1CC2CCC(C1)N2Cc1ccccc1. The van der Waals surface area contributed by atoms with Crippen molar-refractivity contribution in [3.05, 3.63) is 53.3 Å². The molecule has 0 N–H and O–H groups in total. The van der Waals surface area contributed by atoms with E-state index in [1.54, 1.807) is 4.68 Å². The number of aryl methyl sites for hydroxylation is 2. The van der Waals surface area contributed by atoms with Crippen molar-refractivity contribution in [2.45, 2.75) is 51.2 Å². The van der Waals surface area contributed by atoms with Crippen LogP contribution in [0.25, 0.3) is 0 Å². The molecule has 3 heterocycles. The van der Waals surface area contributed by atoms with Crippen molar-refractivity contribution in [3.8, 4) is 0 Å². The van der Waals surface area contributed by atoms with Gasteiger partial charge in [-0.2, -0.15) is 5.10 Å². The third-order valence-corrected chi connectivity index (χ3v) is 5.74. The molecular weight excluding hydrogens is 298 g/mol. The molecule has 0 spiro atoms. The maximum atomic E-state index is 12.9. The largest absolute Gasteiger partial charge is 0.294 e. The van der Waals surface area contributed by atoms with Gasteiger partial charge in [0.15, 0.2) is 5.78 Å². The summed E-state index contributed by atoms with van der Waals surface area (Å²) in [7, 11) is 1.88. The second-order valence-electron chi connectivity index (χ2n) is 7.38. The summed E-state index contributed by atoms with van der Waals surface area (Å²) < 4.78 is 1.75. The van der Waals surface area contributed by atoms with E-state index in [2.05, 4.69) is 40.3 Å².